The molecule has 8 heteroatoms. The third-order valence-corrected chi connectivity index (χ3v) is 5.73. The third kappa shape index (κ3) is 5.58. The fraction of sp³-hybridized carbons (Fsp3) is 0.320. The molecule has 0 unspecified atom stereocenters. The molecule has 4 rings (SSSR count). The molecule has 0 bridgehead atoms. The summed E-state index contributed by atoms with van der Waals surface area (Å²) < 4.78 is 20.2. The maximum atomic E-state index is 13.6. The molecule has 3 aromatic rings. The van der Waals surface area contributed by atoms with E-state index in [0.717, 1.165) is 11.3 Å². The number of hydrogen-bond acceptors (Lipinski definition) is 5. The number of amides is 1. The van der Waals surface area contributed by atoms with Crippen LogP contribution in [0.25, 0.3) is 5.69 Å². The molecule has 33 heavy (non-hydrogen) atoms. The van der Waals surface area contributed by atoms with Gasteiger partial charge in [-0.3, -0.25) is 9.59 Å². The van der Waals surface area contributed by atoms with Gasteiger partial charge in [0.15, 0.2) is 0 Å². The van der Waals surface area contributed by atoms with Crippen LogP contribution in [0.3, 0.4) is 0 Å². The lowest BCUT2D eigenvalue weighted by molar-refractivity contribution is -0.125. The van der Waals surface area contributed by atoms with E-state index in [9.17, 15) is 14.0 Å². The van der Waals surface area contributed by atoms with Crippen molar-refractivity contribution < 1.29 is 13.9 Å². The molecule has 0 aliphatic carbocycles. The predicted molar refractivity (Wildman–Crippen MR) is 124 cm³/mol. The van der Waals surface area contributed by atoms with Crippen molar-refractivity contribution in [3.8, 4) is 11.4 Å². The molecule has 1 aromatic heterocycles. The van der Waals surface area contributed by atoms with Gasteiger partial charge in [-0.15, -0.1) is 5.10 Å². The Labute approximate surface area is 191 Å². The van der Waals surface area contributed by atoms with E-state index < -0.39 is 5.82 Å². The van der Waals surface area contributed by atoms with Crippen molar-refractivity contribution in [1.82, 2.24) is 15.1 Å². The monoisotopic (exact) mass is 450 g/mol. The van der Waals surface area contributed by atoms with Crippen LogP contribution >= 0.6 is 0 Å². The van der Waals surface area contributed by atoms with Crippen LogP contribution in [-0.2, 0) is 11.3 Å². The molecule has 1 aliphatic heterocycles. The molecule has 1 saturated heterocycles. The molecule has 0 atom stereocenters. The number of aromatic nitrogens is 2. The van der Waals surface area contributed by atoms with E-state index in [1.807, 2.05) is 36.1 Å². The maximum Gasteiger partial charge on any atom is 0.271 e. The number of carbonyl (C=O) groups excluding carboxylic acids is 1. The fourth-order valence-corrected chi connectivity index (χ4v) is 3.94. The Hall–Kier alpha value is -3.68. The molecule has 2 heterocycles. The molecule has 7 nitrogen and oxygen atoms in total. The second-order valence-corrected chi connectivity index (χ2v) is 7.98. The van der Waals surface area contributed by atoms with Crippen LogP contribution in [0.4, 0.5) is 10.2 Å². The summed E-state index contributed by atoms with van der Waals surface area (Å²) in [7, 11) is 0. The van der Waals surface area contributed by atoms with Gasteiger partial charge in [0.25, 0.3) is 5.56 Å². The van der Waals surface area contributed by atoms with Gasteiger partial charge < -0.3 is 15.0 Å². The number of piperidine rings is 1. The van der Waals surface area contributed by atoms with Gasteiger partial charge in [-0.1, -0.05) is 18.2 Å². The van der Waals surface area contributed by atoms with E-state index in [-0.39, 0.29) is 17.4 Å². The molecule has 2 aromatic carbocycles. The summed E-state index contributed by atoms with van der Waals surface area (Å²) in [5, 5.41) is 7.45. The zero-order chi connectivity index (χ0) is 23.2. The van der Waals surface area contributed by atoms with Gasteiger partial charge in [0.2, 0.25) is 5.91 Å². The minimum atomic E-state index is -0.427. The number of anilines is 1. The lowest BCUT2D eigenvalue weighted by Gasteiger charge is -2.32. The second kappa shape index (κ2) is 10.3. The summed E-state index contributed by atoms with van der Waals surface area (Å²) in [6, 6.07) is 16.6. The number of hydrogen-bond donors (Lipinski definition) is 1. The number of nitrogens with one attached hydrogen (secondary N) is 1. The Morgan fingerprint density at radius 2 is 1.88 bits per heavy atom. The summed E-state index contributed by atoms with van der Waals surface area (Å²) >= 11 is 0. The molecule has 0 saturated carbocycles. The highest BCUT2D eigenvalue weighted by Gasteiger charge is 2.26. The zero-order valence-corrected chi connectivity index (χ0v) is 18.5. The molecule has 0 spiro atoms. The largest absolute Gasteiger partial charge is 0.494 e. The normalized spacial score (nSPS) is 14.2. The number of ether oxygens (including phenoxy) is 1. The van der Waals surface area contributed by atoms with Crippen LogP contribution in [0.15, 0.2) is 65.5 Å². The van der Waals surface area contributed by atoms with Crippen molar-refractivity contribution in [1.29, 1.82) is 0 Å². The summed E-state index contributed by atoms with van der Waals surface area (Å²) in [4.78, 5) is 26.9. The SMILES string of the molecule is CCOc1ccc(CNC(=O)C2CCN(c3ccc(=O)n(-c4cccc(F)c4)n3)CC2)cc1. The molecule has 0 radical (unpaired) electrons. The highest BCUT2D eigenvalue weighted by Crippen LogP contribution is 2.22. The van der Waals surface area contributed by atoms with Crippen LogP contribution in [0.2, 0.25) is 0 Å². The molecule has 1 fully saturated rings. The van der Waals surface area contributed by atoms with E-state index in [2.05, 4.69) is 10.4 Å². The molecular weight excluding hydrogens is 423 g/mol. The lowest BCUT2D eigenvalue weighted by atomic mass is 9.96. The Bertz CT molecular complexity index is 1150. The number of carbonyl (C=O) groups is 1. The van der Waals surface area contributed by atoms with Crippen LogP contribution in [-0.4, -0.2) is 35.4 Å². The van der Waals surface area contributed by atoms with Crippen molar-refractivity contribution in [2.24, 2.45) is 5.92 Å². The minimum Gasteiger partial charge on any atom is -0.494 e. The Morgan fingerprint density at radius 1 is 1.12 bits per heavy atom. The van der Waals surface area contributed by atoms with E-state index >= 15 is 0 Å². The van der Waals surface area contributed by atoms with Crippen LogP contribution < -0.4 is 20.5 Å². The summed E-state index contributed by atoms with van der Waals surface area (Å²) in [5.74, 6) is 0.993. The Kier molecular flexibility index (Phi) is 7.02. The zero-order valence-electron chi connectivity index (χ0n) is 18.5. The van der Waals surface area contributed by atoms with E-state index in [0.29, 0.717) is 50.6 Å². The molecule has 1 N–H and O–H groups in total. The highest BCUT2D eigenvalue weighted by molar-refractivity contribution is 5.79. The average molecular weight is 451 g/mol. The third-order valence-electron chi connectivity index (χ3n) is 5.73. The first-order valence-corrected chi connectivity index (χ1v) is 11.1. The average Bonchev–Trinajstić information content (AvgIpc) is 2.84. The van der Waals surface area contributed by atoms with Crippen molar-refractivity contribution in [3.05, 3.63) is 82.4 Å². The quantitative estimate of drug-likeness (QED) is 0.598. The predicted octanol–water partition coefficient (Wildman–Crippen LogP) is 3.30. The van der Waals surface area contributed by atoms with Gasteiger partial charge in [0.1, 0.15) is 17.4 Å². The first kappa shape index (κ1) is 22.5. The first-order chi connectivity index (χ1) is 16.0. The Morgan fingerprint density at radius 3 is 2.58 bits per heavy atom. The summed E-state index contributed by atoms with van der Waals surface area (Å²) in [6.45, 7) is 4.34. The van der Waals surface area contributed by atoms with Crippen LogP contribution in [0.5, 0.6) is 5.75 Å². The van der Waals surface area contributed by atoms with Gasteiger partial charge in [-0.05, 0) is 61.7 Å². The number of halogens is 1. The lowest BCUT2D eigenvalue weighted by Crippen LogP contribution is -2.41. The van der Waals surface area contributed by atoms with Gasteiger partial charge in [0.05, 0.1) is 12.3 Å². The van der Waals surface area contributed by atoms with Crippen molar-refractivity contribution >= 4 is 11.7 Å². The van der Waals surface area contributed by atoms with Gasteiger partial charge in [-0.25, -0.2) is 4.39 Å². The molecular formula is C25H27FN4O3. The van der Waals surface area contributed by atoms with E-state index in [4.69, 9.17) is 4.74 Å². The second-order valence-electron chi connectivity index (χ2n) is 7.98. The smallest absolute Gasteiger partial charge is 0.271 e. The van der Waals surface area contributed by atoms with Crippen molar-refractivity contribution in [2.75, 3.05) is 24.6 Å². The number of nitrogens with zero attached hydrogens (tertiary/aromatic N) is 3. The molecule has 172 valence electrons. The molecule has 1 amide bonds. The molecule has 1 aliphatic rings. The van der Waals surface area contributed by atoms with Crippen LogP contribution in [0.1, 0.15) is 25.3 Å². The Balaban J connectivity index is 1.33. The fourth-order valence-electron chi connectivity index (χ4n) is 3.94. The van der Waals surface area contributed by atoms with Gasteiger partial charge in [0, 0.05) is 31.6 Å². The van der Waals surface area contributed by atoms with Crippen LogP contribution in [0, 0.1) is 11.7 Å². The maximum absolute atomic E-state index is 13.6. The van der Waals surface area contributed by atoms with Gasteiger partial charge >= 0.3 is 0 Å². The van der Waals surface area contributed by atoms with Gasteiger partial charge in [-0.2, -0.15) is 4.68 Å². The summed E-state index contributed by atoms with van der Waals surface area (Å²) in [6.07, 6.45) is 1.38. The number of rotatable bonds is 7. The van der Waals surface area contributed by atoms with Crippen molar-refractivity contribution in [3.63, 3.8) is 0 Å². The summed E-state index contributed by atoms with van der Waals surface area (Å²) in [5.41, 5.74) is 1.08. The first-order valence-electron chi connectivity index (χ1n) is 11.1. The van der Waals surface area contributed by atoms with E-state index in [1.165, 1.54) is 22.9 Å². The minimum absolute atomic E-state index is 0.0428. The highest BCUT2D eigenvalue weighted by atomic mass is 19.1. The number of benzene rings is 2. The van der Waals surface area contributed by atoms with E-state index in [1.54, 1.807) is 18.2 Å². The van der Waals surface area contributed by atoms with Crippen molar-refractivity contribution in [2.45, 2.75) is 26.3 Å². The topological polar surface area (TPSA) is 76.5 Å². The standard InChI is InChI=1S/C25H27FN4O3/c1-2-33-22-8-6-18(7-9-22)17-27-25(32)19-12-14-29(15-13-19)23-10-11-24(31)30(28-23)21-5-3-4-20(26)16-21/h3-11,16,19H,2,12-15,17H2,1H3,(H,27,32).